The average molecular weight is 266 g/mol. The Morgan fingerprint density at radius 1 is 1.32 bits per heavy atom. The van der Waals surface area contributed by atoms with E-state index < -0.39 is 0 Å². The van der Waals surface area contributed by atoms with Gasteiger partial charge in [0, 0.05) is 13.6 Å². The first kappa shape index (κ1) is 15.5. The van der Waals surface area contributed by atoms with Crippen LogP contribution in [0.15, 0.2) is 11.3 Å². The summed E-state index contributed by atoms with van der Waals surface area (Å²) in [5, 5.41) is 7.11. The van der Waals surface area contributed by atoms with Crippen molar-refractivity contribution in [1.82, 2.24) is 20.1 Å². The van der Waals surface area contributed by atoms with Crippen LogP contribution in [-0.4, -0.2) is 27.3 Å². The standard InChI is InChI=1S/C13H26N6/c1-3-4-5-6-7-8-9-15-13(14)16-10-12-17-11-18-19(12)2/h11H,3-10H2,1-2H3,(H3,14,15,16). The quantitative estimate of drug-likeness (QED) is 0.404. The first-order chi connectivity index (χ1) is 9.24. The maximum Gasteiger partial charge on any atom is 0.189 e. The van der Waals surface area contributed by atoms with Crippen LogP contribution in [0.2, 0.25) is 0 Å². The van der Waals surface area contributed by atoms with Crippen molar-refractivity contribution in [3.8, 4) is 0 Å². The van der Waals surface area contributed by atoms with Gasteiger partial charge in [-0.25, -0.2) is 9.98 Å². The van der Waals surface area contributed by atoms with Gasteiger partial charge in [-0.2, -0.15) is 5.10 Å². The molecule has 0 atom stereocenters. The van der Waals surface area contributed by atoms with Crippen molar-refractivity contribution in [2.75, 3.05) is 6.54 Å². The van der Waals surface area contributed by atoms with Gasteiger partial charge in [-0.1, -0.05) is 39.0 Å². The van der Waals surface area contributed by atoms with E-state index in [1.54, 1.807) is 4.68 Å². The van der Waals surface area contributed by atoms with Crippen LogP contribution in [0.25, 0.3) is 0 Å². The molecule has 0 radical (unpaired) electrons. The van der Waals surface area contributed by atoms with E-state index in [0.717, 1.165) is 18.8 Å². The normalized spacial score (nSPS) is 11.8. The van der Waals surface area contributed by atoms with Crippen LogP contribution in [0.3, 0.4) is 0 Å². The van der Waals surface area contributed by atoms with Gasteiger partial charge in [0.1, 0.15) is 18.7 Å². The van der Waals surface area contributed by atoms with E-state index >= 15 is 0 Å². The molecule has 0 aliphatic rings. The first-order valence-corrected chi connectivity index (χ1v) is 7.10. The number of aryl methyl sites for hydroxylation is 1. The fourth-order valence-electron chi connectivity index (χ4n) is 1.80. The van der Waals surface area contributed by atoms with Gasteiger partial charge in [0.2, 0.25) is 0 Å². The zero-order valence-electron chi connectivity index (χ0n) is 12.1. The molecule has 19 heavy (non-hydrogen) atoms. The van der Waals surface area contributed by atoms with Gasteiger partial charge >= 0.3 is 0 Å². The number of nitrogens with zero attached hydrogens (tertiary/aromatic N) is 4. The molecule has 0 saturated heterocycles. The molecule has 0 bridgehead atoms. The molecule has 0 saturated carbocycles. The molecule has 0 amide bonds. The van der Waals surface area contributed by atoms with E-state index in [1.807, 2.05) is 7.05 Å². The molecule has 6 nitrogen and oxygen atoms in total. The molecule has 0 fully saturated rings. The lowest BCUT2D eigenvalue weighted by Gasteiger charge is -2.05. The van der Waals surface area contributed by atoms with Crippen LogP contribution >= 0.6 is 0 Å². The molecule has 3 N–H and O–H groups in total. The van der Waals surface area contributed by atoms with Crippen molar-refractivity contribution in [3.05, 3.63) is 12.2 Å². The second-order valence-electron chi connectivity index (χ2n) is 4.70. The monoisotopic (exact) mass is 266 g/mol. The van der Waals surface area contributed by atoms with E-state index in [-0.39, 0.29) is 0 Å². The molecule has 1 heterocycles. The number of guanidine groups is 1. The molecule has 1 rings (SSSR count). The largest absolute Gasteiger partial charge is 0.370 e. The molecular formula is C13H26N6. The number of unbranched alkanes of at least 4 members (excludes halogenated alkanes) is 5. The number of nitrogens with two attached hydrogens (primary N) is 1. The zero-order chi connectivity index (χ0) is 13.9. The topological polar surface area (TPSA) is 81.1 Å². The molecule has 6 heteroatoms. The van der Waals surface area contributed by atoms with Gasteiger partial charge in [0.25, 0.3) is 0 Å². The van der Waals surface area contributed by atoms with Crippen molar-refractivity contribution < 1.29 is 0 Å². The highest BCUT2D eigenvalue weighted by Gasteiger charge is 1.99. The average Bonchev–Trinajstić information content (AvgIpc) is 2.81. The van der Waals surface area contributed by atoms with Crippen molar-refractivity contribution in [3.63, 3.8) is 0 Å². The molecule has 0 aromatic carbocycles. The van der Waals surface area contributed by atoms with Crippen LogP contribution in [0, 0.1) is 0 Å². The van der Waals surface area contributed by atoms with Crippen LogP contribution in [-0.2, 0) is 13.6 Å². The predicted molar refractivity (Wildman–Crippen MR) is 77.7 cm³/mol. The highest BCUT2D eigenvalue weighted by Crippen LogP contribution is 2.03. The van der Waals surface area contributed by atoms with E-state index in [0.29, 0.717) is 12.5 Å². The highest BCUT2D eigenvalue weighted by atomic mass is 15.3. The van der Waals surface area contributed by atoms with Crippen LogP contribution in [0.1, 0.15) is 51.3 Å². The Morgan fingerprint density at radius 3 is 2.74 bits per heavy atom. The number of nitrogens with one attached hydrogen (secondary N) is 1. The summed E-state index contributed by atoms with van der Waals surface area (Å²) < 4.78 is 1.70. The van der Waals surface area contributed by atoms with Crippen LogP contribution < -0.4 is 11.1 Å². The van der Waals surface area contributed by atoms with Gasteiger partial charge in [-0.3, -0.25) is 4.68 Å². The predicted octanol–water partition coefficient (Wildman–Crippen LogP) is 1.58. The number of hydrogen-bond acceptors (Lipinski definition) is 3. The summed E-state index contributed by atoms with van der Waals surface area (Å²) in [6, 6.07) is 0. The van der Waals surface area contributed by atoms with E-state index in [9.17, 15) is 0 Å². The smallest absolute Gasteiger partial charge is 0.189 e. The van der Waals surface area contributed by atoms with Gasteiger partial charge in [0.15, 0.2) is 5.96 Å². The third-order valence-electron chi connectivity index (χ3n) is 3.03. The lowest BCUT2D eigenvalue weighted by molar-refractivity contribution is 0.601. The Hall–Kier alpha value is -1.59. The summed E-state index contributed by atoms with van der Waals surface area (Å²) >= 11 is 0. The van der Waals surface area contributed by atoms with Crippen molar-refractivity contribution >= 4 is 5.96 Å². The van der Waals surface area contributed by atoms with Crippen LogP contribution in [0.4, 0.5) is 0 Å². The van der Waals surface area contributed by atoms with Gasteiger partial charge in [-0.05, 0) is 6.42 Å². The second kappa shape index (κ2) is 9.35. The maximum atomic E-state index is 5.78. The molecule has 1 aromatic heterocycles. The fourth-order valence-corrected chi connectivity index (χ4v) is 1.80. The Morgan fingerprint density at radius 2 is 2.05 bits per heavy atom. The minimum Gasteiger partial charge on any atom is -0.370 e. The number of rotatable bonds is 9. The summed E-state index contributed by atoms with van der Waals surface area (Å²) in [5.74, 6) is 1.29. The highest BCUT2D eigenvalue weighted by molar-refractivity contribution is 5.77. The minimum absolute atomic E-state index is 0.464. The lowest BCUT2D eigenvalue weighted by atomic mass is 10.1. The molecule has 0 aliphatic heterocycles. The number of aliphatic imine (C=N–C) groups is 1. The van der Waals surface area contributed by atoms with Gasteiger partial charge in [-0.15, -0.1) is 0 Å². The molecule has 108 valence electrons. The molecule has 0 unspecified atom stereocenters. The summed E-state index contributed by atoms with van der Waals surface area (Å²) in [5.41, 5.74) is 5.78. The number of hydrogen-bond donors (Lipinski definition) is 2. The Balaban J connectivity index is 2.07. The summed E-state index contributed by atoms with van der Waals surface area (Å²) in [7, 11) is 1.85. The van der Waals surface area contributed by atoms with Gasteiger partial charge in [0.05, 0.1) is 0 Å². The first-order valence-electron chi connectivity index (χ1n) is 7.10. The fraction of sp³-hybridized carbons (Fsp3) is 0.769. The zero-order valence-corrected chi connectivity index (χ0v) is 12.1. The Bertz CT molecular complexity index is 371. The molecule has 0 spiro atoms. The summed E-state index contributed by atoms with van der Waals surface area (Å²) in [6.45, 7) is 3.59. The molecule has 1 aromatic rings. The van der Waals surface area contributed by atoms with E-state index in [1.165, 1.54) is 38.4 Å². The second-order valence-corrected chi connectivity index (χ2v) is 4.70. The van der Waals surface area contributed by atoms with Crippen molar-refractivity contribution in [2.24, 2.45) is 17.8 Å². The summed E-state index contributed by atoms with van der Waals surface area (Å²) in [6.07, 6.45) is 9.20. The number of aromatic nitrogens is 3. The van der Waals surface area contributed by atoms with Crippen molar-refractivity contribution in [1.29, 1.82) is 0 Å². The SMILES string of the molecule is CCCCCCCCNC(N)=NCc1ncnn1C. The summed E-state index contributed by atoms with van der Waals surface area (Å²) in [4.78, 5) is 8.32. The molecular weight excluding hydrogens is 240 g/mol. The van der Waals surface area contributed by atoms with Crippen molar-refractivity contribution in [2.45, 2.75) is 52.0 Å². The Kier molecular flexibility index (Phi) is 7.62. The van der Waals surface area contributed by atoms with E-state index in [4.69, 9.17) is 5.73 Å². The van der Waals surface area contributed by atoms with Gasteiger partial charge < -0.3 is 11.1 Å². The lowest BCUT2D eigenvalue weighted by Crippen LogP contribution is -2.32. The third kappa shape index (κ3) is 6.79. The minimum atomic E-state index is 0.464. The third-order valence-corrected chi connectivity index (χ3v) is 3.03. The molecule has 0 aliphatic carbocycles. The van der Waals surface area contributed by atoms with Crippen LogP contribution in [0.5, 0.6) is 0 Å². The van der Waals surface area contributed by atoms with E-state index in [2.05, 4.69) is 27.3 Å². The maximum absolute atomic E-state index is 5.78. The Labute approximate surface area is 115 Å².